The van der Waals surface area contributed by atoms with Crippen LogP contribution in [0.3, 0.4) is 0 Å². The minimum absolute atomic E-state index is 0.0364. The summed E-state index contributed by atoms with van der Waals surface area (Å²) < 4.78 is 2.11. The van der Waals surface area contributed by atoms with Crippen molar-refractivity contribution in [1.82, 2.24) is 9.58 Å². The lowest BCUT2D eigenvalue weighted by Crippen LogP contribution is -2.35. The molecule has 0 bridgehead atoms. The highest BCUT2D eigenvalue weighted by Crippen LogP contribution is 2.32. The van der Waals surface area contributed by atoms with Crippen LogP contribution in [0.5, 0.6) is 0 Å². The number of hydrazone groups is 1. The Labute approximate surface area is 207 Å². The number of aryl methyl sites for hydroxylation is 1. The number of carbonyl (C=O) groups is 1. The summed E-state index contributed by atoms with van der Waals surface area (Å²) in [5.41, 5.74) is 6.12. The second kappa shape index (κ2) is 8.74. The van der Waals surface area contributed by atoms with Gasteiger partial charge in [0, 0.05) is 28.5 Å². The first-order valence-electron chi connectivity index (χ1n) is 10.8. The molecule has 2 aromatic carbocycles. The van der Waals surface area contributed by atoms with E-state index in [-0.39, 0.29) is 11.4 Å². The number of amidine groups is 2. The molecule has 8 heteroatoms. The fourth-order valence-electron chi connectivity index (χ4n) is 4.17. The summed E-state index contributed by atoms with van der Waals surface area (Å²) in [4.78, 5) is 17.1. The number of hydrogen-bond acceptors (Lipinski definition) is 4. The highest BCUT2D eigenvalue weighted by Gasteiger charge is 2.35. The lowest BCUT2D eigenvalue weighted by Gasteiger charge is -2.20. The molecule has 6 nitrogen and oxygen atoms in total. The zero-order valence-electron chi connectivity index (χ0n) is 19.0. The highest BCUT2D eigenvalue weighted by atomic mass is 35.5. The van der Waals surface area contributed by atoms with Gasteiger partial charge in [-0.15, -0.1) is 0 Å². The molecule has 0 saturated carbocycles. The van der Waals surface area contributed by atoms with Gasteiger partial charge in [0.05, 0.1) is 5.57 Å². The van der Waals surface area contributed by atoms with Crippen molar-refractivity contribution < 1.29 is 4.79 Å². The molecule has 170 valence electrons. The Morgan fingerprint density at radius 2 is 1.85 bits per heavy atom. The minimum atomic E-state index is -0.427. The van der Waals surface area contributed by atoms with Crippen molar-refractivity contribution in [2.45, 2.75) is 27.2 Å². The Balaban J connectivity index is 1.48. The van der Waals surface area contributed by atoms with Gasteiger partial charge in [-0.2, -0.15) is 15.1 Å². The van der Waals surface area contributed by atoms with Crippen LogP contribution in [0.4, 0.5) is 0 Å². The lowest BCUT2D eigenvalue weighted by atomic mass is 10.1. The van der Waals surface area contributed by atoms with E-state index < -0.39 is 5.91 Å². The molecule has 2 aliphatic heterocycles. The summed E-state index contributed by atoms with van der Waals surface area (Å²) in [5.74, 6) is -0.391. The molecule has 5 rings (SSSR count). The lowest BCUT2D eigenvalue weighted by molar-refractivity contribution is -0.114. The third-order valence-electron chi connectivity index (χ3n) is 5.94. The van der Waals surface area contributed by atoms with Crippen LogP contribution in [0, 0.1) is 26.2 Å². The van der Waals surface area contributed by atoms with Gasteiger partial charge in [-0.3, -0.25) is 10.2 Å². The molecule has 1 amide bonds. The number of nitrogens with one attached hydrogen (secondary N) is 1. The van der Waals surface area contributed by atoms with Crippen molar-refractivity contribution in [3.05, 3.63) is 93.3 Å². The van der Waals surface area contributed by atoms with Crippen LogP contribution in [0.2, 0.25) is 5.02 Å². The van der Waals surface area contributed by atoms with E-state index in [0.717, 1.165) is 38.8 Å². The van der Waals surface area contributed by atoms with Crippen LogP contribution in [0.1, 0.15) is 28.1 Å². The normalized spacial score (nSPS) is 16.7. The number of amides is 1. The summed E-state index contributed by atoms with van der Waals surface area (Å²) in [5, 5.41) is 16.7. The summed E-state index contributed by atoms with van der Waals surface area (Å²) in [6.07, 6.45) is 2.36. The molecule has 0 spiro atoms. The van der Waals surface area contributed by atoms with Gasteiger partial charge in [0.1, 0.15) is 5.04 Å². The number of halogens is 1. The van der Waals surface area contributed by atoms with Crippen LogP contribution >= 0.6 is 23.4 Å². The fourth-order valence-corrected chi connectivity index (χ4v) is 5.26. The number of rotatable bonds is 4. The Bertz CT molecular complexity index is 1430. The van der Waals surface area contributed by atoms with Gasteiger partial charge in [-0.05, 0) is 73.5 Å². The smallest absolute Gasteiger partial charge is 0.283 e. The first kappa shape index (κ1) is 22.4. The van der Waals surface area contributed by atoms with Crippen molar-refractivity contribution in [2.24, 2.45) is 10.1 Å². The van der Waals surface area contributed by atoms with Crippen LogP contribution in [0.25, 0.3) is 11.8 Å². The van der Waals surface area contributed by atoms with Gasteiger partial charge in [-0.1, -0.05) is 48.0 Å². The van der Waals surface area contributed by atoms with Gasteiger partial charge >= 0.3 is 0 Å². The maximum absolute atomic E-state index is 12.9. The molecule has 0 aliphatic carbocycles. The number of fused-ring (bicyclic) bond motifs is 1. The molecule has 0 fully saturated rings. The molecule has 1 aromatic heterocycles. The maximum Gasteiger partial charge on any atom is 0.283 e. The third kappa shape index (κ3) is 3.91. The molecular formula is C26H22ClN5OS. The zero-order valence-corrected chi connectivity index (χ0v) is 20.5. The van der Waals surface area contributed by atoms with E-state index in [1.165, 1.54) is 16.8 Å². The standard InChI is InChI=1S/C26H22ClN5OS/c1-15-12-19(17(3)31(15)22-11-7-10-21(27)16(22)2)14-20-24(28)32-26(29-25(20)33)34-23(30-32)13-18-8-5-4-6-9-18/h4-12,14,28H,13H2,1-3H3/b20-14-,28-24?. The monoisotopic (exact) mass is 487 g/mol. The Kier molecular flexibility index (Phi) is 5.75. The highest BCUT2D eigenvalue weighted by molar-refractivity contribution is 8.26. The number of hydrogen-bond donors (Lipinski definition) is 1. The summed E-state index contributed by atoms with van der Waals surface area (Å²) in [7, 11) is 0. The van der Waals surface area contributed by atoms with E-state index in [4.69, 9.17) is 17.0 Å². The average Bonchev–Trinajstić information content (AvgIpc) is 3.33. The van der Waals surface area contributed by atoms with Gasteiger partial charge < -0.3 is 4.57 Å². The van der Waals surface area contributed by atoms with E-state index in [2.05, 4.69) is 14.7 Å². The Morgan fingerprint density at radius 3 is 2.62 bits per heavy atom. The second-order valence-corrected chi connectivity index (χ2v) is 9.67. The van der Waals surface area contributed by atoms with Crippen LogP contribution in [-0.4, -0.2) is 31.5 Å². The predicted molar refractivity (Wildman–Crippen MR) is 140 cm³/mol. The molecule has 1 N–H and O–H groups in total. The molecule has 3 aromatic rings. The van der Waals surface area contributed by atoms with Gasteiger partial charge in [0.15, 0.2) is 5.84 Å². The quantitative estimate of drug-likeness (QED) is 0.464. The predicted octanol–water partition coefficient (Wildman–Crippen LogP) is 5.92. The van der Waals surface area contributed by atoms with E-state index in [1.807, 2.05) is 75.4 Å². The second-order valence-electron chi connectivity index (χ2n) is 8.22. The van der Waals surface area contributed by atoms with E-state index in [9.17, 15) is 4.79 Å². The first-order chi connectivity index (χ1) is 16.3. The minimum Gasteiger partial charge on any atom is -0.318 e. The van der Waals surface area contributed by atoms with Crippen molar-refractivity contribution >= 4 is 51.4 Å². The van der Waals surface area contributed by atoms with Crippen molar-refractivity contribution in [2.75, 3.05) is 0 Å². The topological polar surface area (TPSA) is 73.8 Å². The molecule has 3 heterocycles. The SMILES string of the molecule is Cc1c(Cl)cccc1-n1c(C)cc(/C=C2/C(=N)N3N=C(Cc4ccccc4)SC3=NC2=O)c1C. The van der Waals surface area contributed by atoms with Gasteiger partial charge in [0.2, 0.25) is 5.17 Å². The van der Waals surface area contributed by atoms with E-state index in [0.29, 0.717) is 16.6 Å². The molecule has 0 atom stereocenters. The van der Waals surface area contributed by atoms with E-state index in [1.54, 1.807) is 6.08 Å². The van der Waals surface area contributed by atoms with E-state index >= 15 is 0 Å². The number of benzene rings is 2. The van der Waals surface area contributed by atoms with Crippen LogP contribution in [-0.2, 0) is 11.2 Å². The van der Waals surface area contributed by atoms with Gasteiger partial charge in [-0.25, -0.2) is 0 Å². The molecule has 0 radical (unpaired) electrons. The number of aromatic nitrogens is 1. The van der Waals surface area contributed by atoms with Crippen LogP contribution in [0.15, 0.2) is 70.3 Å². The number of thioether (sulfide) groups is 1. The molecule has 2 aliphatic rings. The molecule has 0 saturated heterocycles. The molecule has 34 heavy (non-hydrogen) atoms. The zero-order chi connectivity index (χ0) is 24.0. The fraction of sp³-hybridized carbons (Fsp3) is 0.154. The first-order valence-corrected chi connectivity index (χ1v) is 12.0. The summed E-state index contributed by atoms with van der Waals surface area (Å²) in [6.45, 7) is 5.99. The Hall–Kier alpha value is -3.42. The van der Waals surface area contributed by atoms with Crippen molar-refractivity contribution in [3.8, 4) is 5.69 Å². The molecule has 0 unspecified atom stereocenters. The van der Waals surface area contributed by atoms with Crippen molar-refractivity contribution in [3.63, 3.8) is 0 Å². The Morgan fingerprint density at radius 1 is 1.09 bits per heavy atom. The molecular weight excluding hydrogens is 466 g/mol. The third-order valence-corrected chi connectivity index (χ3v) is 7.26. The number of carbonyl (C=O) groups excluding carboxylic acids is 1. The van der Waals surface area contributed by atoms with Crippen molar-refractivity contribution in [1.29, 1.82) is 5.41 Å². The number of aliphatic imine (C=N–C) groups is 1. The summed E-state index contributed by atoms with van der Waals surface area (Å²) in [6, 6.07) is 17.8. The summed E-state index contributed by atoms with van der Waals surface area (Å²) >= 11 is 7.69. The largest absolute Gasteiger partial charge is 0.318 e. The number of nitrogens with zero attached hydrogens (tertiary/aromatic N) is 4. The van der Waals surface area contributed by atoms with Crippen LogP contribution < -0.4 is 0 Å². The van der Waals surface area contributed by atoms with Gasteiger partial charge in [0.25, 0.3) is 5.91 Å². The maximum atomic E-state index is 12.9. The average molecular weight is 488 g/mol.